The molecule has 12 nitrogen and oxygen atoms in total. The monoisotopic (exact) mass is 442 g/mol. The summed E-state index contributed by atoms with van der Waals surface area (Å²) in [6, 6.07) is -3.85. The van der Waals surface area contributed by atoms with Crippen molar-refractivity contribution >= 4 is 29.6 Å². The number of nitrogens with one attached hydrogen (secondary N) is 2. The van der Waals surface area contributed by atoms with E-state index >= 15 is 0 Å². The Labute approximate surface area is 181 Å². The molecule has 4 atom stereocenters. The number of carbonyl (C=O) groups is 5. The maximum atomic E-state index is 12.7. The molecule has 0 bridgehead atoms. The molecule has 176 valence electrons. The number of amides is 4. The average Bonchev–Trinajstić information content (AvgIpc) is 3.20. The van der Waals surface area contributed by atoms with Crippen LogP contribution in [0.3, 0.4) is 0 Å². The summed E-state index contributed by atoms with van der Waals surface area (Å²) >= 11 is 0. The van der Waals surface area contributed by atoms with E-state index in [4.69, 9.17) is 17.2 Å². The predicted octanol–water partition coefficient (Wildman–Crippen LogP) is -2.23. The molecule has 1 aliphatic heterocycles. The second-order valence-corrected chi connectivity index (χ2v) is 7.72. The topological polar surface area (TPSA) is 211 Å². The van der Waals surface area contributed by atoms with Gasteiger partial charge >= 0.3 is 5.97 Å². The maximum Gasteiger partial charge on any atom is 0.326 e. The zero-order chi connectivity index (χ0) is 23.6. The van der Waals surface area contributed by atoms with Gasteiger partial charge in [0.1, 0.15) is 18.1 Å². The minimum absolute atomic E-state index is 0.0404. The number of nitrogens with two attached hydrogens (primary N) is 3. The minimum Gasteiger partial charge on any atom is -0.480 e. The van der Waals surface area contributed by atoms with Crippen molar-refractivity contribution in [1.29, 1.82) is 0 Å². The summed E-state index contributed by atoms with van der Waals surface area (Å²) in [6.45, 7) is 2.19. The first kappa shape index (κ1) is 26.3. The van der Waals surface area contributed by atoms with Crippen molar-refractivity contribution in [2.75, 3.05) is 13.1 Å². The Balaban J connectivity index is 2.75. The van der Waals surface area contributed by atoms with Crippen LogP contribution in [0.2, 0.25) is 0 Å². The van der Waals surface area contributed by atoms with E-state index in [-0.39, 0.29) is 19.3 Å². The van der Waals surface area contributed by atoms with E-state index in [1.807, 2.05) is 0 Å². The van der Waals surface area contributed by atoms with Crippen molar-refractivity contribution in [3.63, 3.8) is 0 Å². The van der Waals surface area contributed by atoms with Crippen LogP contribution in [0.15, 0.2) is 0 Å². The molecule has 1 saturated heterocycles. The van der Waals surface area contributed by atoms with Gasteiger partial charge in [0.2, 0.25) is 23.6 Å². The third-order valence-corrected chi connectivity index (χ3v) is 5.17. The van der Waals surface area contributed by atoms with Crippen molar-refractivity contribution in [3.05, 3.63) is 0 Å². The molecule has 4 unspecified atom stereocenters. The molecule has 9 N–H and O–H groups in total. The Morgan fingerprint density at radius 2 is 1.77 bits per heavy atom. The quantitative estimate of drug-likeness (QED) is 0.171. The molecule has 0 radical (unpaired) electrons. The molecule has 1 heterocycles. The highest BCUT2D eigenvalue weighted by Gasteiger charge is 2.36. The number of unbranched alkanes of at least 4 members (excludes halogenated alkanes) is 1. The van der Waals surface area contributed by atoms with Crippen LogP contribution in [0.1, 0.15) is 51.9 Å². The van der Waals surface area contributed by atoms with E-state index in [0.29, 0.717) is 38.8 Å². The van der Waals surface area contributed by atoms with Gasteiger partial charge < -0.3 is 37.8 Å². The lowest BCUT2D eigenvalue weighted by atomic mass is 10.1. The zero-order valence-electron chi connectivity index (χ0n) is 17.8. The number of carboxylic acid groups (broad SMARTS) is 1. The summed E-state index contributed by atoms with van der Waals surface area (Å²) in [7, 11) is 0. The number of primary amides is 1. The molecule has 0 aromatic heterocycles. The molecule has 0 spiro atoms. The Kier molecular flexibility index (Phi) is 10.9. The molecular formula is C19H34N6O6. The highest BCUT2D eigenvalue weighted by molar-refractivity contribution is 5.94. The number of hydrogen-bond donors (Lipinski definition) is 6. The lowest BCUT2D eigenvalue weighted by Crippen LogP contribution is -2.56. The second kappa shape index (κ2) is 12.8. The van der Waals surface area contributed by atoms with Gasteiger partial charge in [0.25, 0.3) is 0 Å². The van der Waals surface area contributed by atoms with Crippen LogP contribution < -0.4 is 27.8 Å². The van der Waals surface area contributed by atoms with E-state index in [2.05, 4.69) is 10.6 Å². The Bertz CT molecular complexity index is 672. The Morgan fingerprint density at radius 3 is 2.35 bits per heavy atom. The number of aliphatic carboxylic acids is 1. The number of likely N-dealkylation sites (tertiary alicyclic amines) is 1. The van der Waals surface area contributed by atoms with Gasteiger partial charge in [-0.3, -0.25) is 19.2 Å². The zero-order valence-corrected chi connectivity index (χ0v) is 17.8. The van der Waals surface area contributed by atoms with Crippen molar-refractivity contribution < 1.29 is 29.1 Å². The van der Waals surface area contributed by atoms with E-state index in [0.717, 1.165) is 0 Å². The Hall–Kier alpha value is -2.73. The molecule has 12 heteroatoms. The summed E-state index contributed by atoms with van der Waals surface area (Å²) in [5.74, 6) is -3.36. The van der Waals surface area contributed by atoms with Crippen molar-refractivity contribution in [3.8, 4) is 0 Å². The predicted molar refractivity (Wildman–Crippen MR) is 111 cm³/mol. The first-order chi connectivity index (χ1) is 14.6. The molecule has 4 amide bonds. The summed E-state index contributed by atoms with van der Waals surface area (Å²) in [6.07, 6.45) is 2.38. The minimum atomic E-state index is -1.08. The molecule has 31 heavy (non-hydrogen) atoms. The fourth-order valence-electron chi connectivity index (χ4n) is 3.38. The molecule has 0 aromatic rings. The molecule has 0 saturated carbocycles. The fraction of sp³-hybridized carbons (Fsp3) is 0.737. The van der Waals surface area contributed by atoms with Gasteiger partial charge in [-0.1, -0.05) is 0 Å². The first-order valence-electron chi connectivity index (χ1n) is 10.5. The van der Waals surface area contributed by atoms with Crippen LogP contribution in [0.5, 0.6) is 0 Å². The summed E-state index contributed by atoms with van der Waals surface area (Å²) in [4.78, 5) is 61.1. The van der Waals surface area contributed by atoms with Crippen molar-refractivity contribution in [1.82, 2.24) is 15.5 Å². The highest BCUT2D eigenvalue weighted by atomic mass is 16.4. The number of carbonyl (C=O) groups excluding carboxylic acids is 4. The average molecular weight is 443 g/mol. The van der Waals surface area contributed by atoms with Crippen molar-refractivity contribution in [2.45, 2.75) is 76.0 Å². The molecule has 1 rings (SSSR count). The summed E-state index contributed by atoms with van der Waals surface area (Å²) in [5, 5.41) is 14.4. The normalized spacial score (nSPS) is 18.7. The van der Waals surface area contributed by atoms with Gasteiger partial charge in [-0.05, 0) is 52.0 Å². The number of rotatable bonds is 13. The standard InChI is InChI=1S/C19H34N6O6/c1-11(18(29)25-10-4-6-14(25)19(30)31)23-17(28)13(5-2-3-9-20)24-16(27)12(21)7-8-15(22)26/h11-14H,2-10,20-21H2,1H3,(H2,22,26)(H,23,28)(H,24,27)(H,30,31). The smallest absolute Gasteiger partial charge is 0.326 e. The van der Waals surface area contributed by atoms with Gasteiger partial charge in [0, 0.05) is 13.0 Å². The lowest BCUT2D eigenvalue weighted by molar-refractivity contribution is -0.149. The molecule has 0 aromatic carbocycles. The highest BCUT2D eigenvalue weighted by Crippen LogP contribution is 2.18. The summed E-state index contributed by atoms with van der Waals surface area (Å²) in [5.41, 5.74) is 16.3. The molecular weight excluding hydrogens is 408 g/mol. The van der Waals surface area contributed by atoms with Crippen LogP contribution in [-0.4, -0.2) is 76.9 Å². The molecule has 0 aliphatic carbocycles. The van der Waals surface area contributed by atoms with Crippen molar-refractivity contribution in [2.24, 2.45) is 17.2 Å². The number of hydrogen-bond acceptors (Lipinski definition) is 7. The Morgan fingerprint density at radius 1 is 1.10 bits per heavy atom. The summed E-state index contributed by atoms with van der Waals surface area (Å²) < 4.78 is 0. The van der Waals surface area contributed by atoms with Gasteiger partial charge in [-0.25, -0.2) is 4.79 Å². The number of carboxylic acids is 1. The van der Waals surface area contributed by atoms with E-state index in [9.17, 15) is 29.1 Å². The first-order valence-corrected chi connectivity index (χ1v) is 10.5. The van der Waals surface area contributed by atoms with E-state index in [1.165, 1.54) is 11.8 Å². The van der Waals surface area contributed by atoms with Crippen LogP contribution in [-0.2, 0) is 24.0 Å². The third-order valence-electron chi connectivity index (χ3n) is 5.17. The van der Waals surface area contributed by atoms with Gasteiger partial charge in [0.05, 0.1) is 6.04 Å². The molecule has 1 fully saturated rings. The molecule has 1 aliphatic rings. The maximum absolute atomic E-state index is 12.7. The lowest BCUT2D eigenvalue weighted by Gasteiger charge is -2.27. The van der Waals surface area contributed by atoms with Gasteiger partial charge in [-0.15, -0.1) is 0 Å². The van der Waals surface area contributed by atoms with Crippen LogP contribution in [0.25, 0.3) is 0 Å². The fourth-order valence-corrected chi connectivity index (χ4v) is 3.38. The second-order valence-electron chi connectivity index (χ2n) is 7.72. The van der Waals surface area contributed by atoms with E-state index in [1.54, 1.807) is 0 Å². The SMILES string of the molecule is CC(NC(=O)C(CCCCN)NC(=O)C(N)CCC(N)=O)C(=O)N1CCCC1C(=O)O. The number of nitrogens with zero attached hydrogens (tertiary/aromatic N) is 1. The van der Waals surface area contributed by atoms with Crippen LogP contribution in [0.4, 0.5) is 0 Å². The van der Waals surface area contributed by atoms with Crippen LogP contribution in [0, 0.1) is 0 Å². The van der Waals surface area contributed by atoms with Gasteiger partial charge in [0.15, 0.2) is 0 Å². The largest absolute Gasteiger partial charge is 0.480 e. The third kappa shape index (κ3) is 8.50. The van der Waals surface area contributed by atoms with Gasteiger partial charge in [-0.2, -0.15) is 0 Å². The van der Waals surface area contributed by atoms with E-state index < -0.39 is 53.8 Å². The van der Waals surface area contributed by atoms with Crippen LogP contribution >= 0.6 is 0 Å².